The van der Waals surface area contributed by atoms with Gasteiger partial charge in [-0.25, -0.2) is 24.7 Å². The molecule has 2 aromatic carbocycles. The highest BCUT2D eigenvalue weighted by atomic mass is 32.1. The second kappa shape index (κ2) is 22.4. The predicted molar refractivity (Wildman–Crippen MR) is 293 cm³/mol. The average Bonchev–Trinajstić information content (AvgIpc) is 4.16. The number of ether oxygens (including phenoxy) is 2. The molecule has 1 aliphatic carbocycles. The number of rotatable bonds is 16. The van der Waals surface area contributed by atoms with Gasteiger partial charge in [-0.3, -0.25) is 34.4 Å². The SMILES string of the molecule is Cc1ncc(-c2ccc3nc(NC(=O)CN4CC5(C4)CN(c4ncc(OCC(=O)N[C@H](C(=O)N6C[C@H](O)C[C@H]6C(=O)NCc6ccc(-c7scnc7C)cc6)C(C)(C)C)cn4)C5)sc3c2)cc1NC(=O)OC1CCCCC1. The van der Waals surface area contributed by atoms with E-state index in [1.807, 2.05) is 88.7 Å². The Labute approximate surface area is 454 Å². The topological polar surface area (TPSA) is 246 Å². The van der Waals surface area contributed by atoms with Crippen molar-refractivity contribution in [2.75, 3.05) is 61.4 Å². The van der Waals surface area contributed by atoms with E-state index in [2.05, 4.69) is 56.0 Å². The molecule has 10 rings (SSSR count). The molecular weight excluding hydrogens is 1020 g/mol. The number of aromatic nitrogens is 5. The molecule has 3 atom stereocenters. The number of aryl methyl sites for hydroxylation is 2. The second-order valence-electron chi connectivity index (χ2n) is 21.8. The van der Waals surface area contributed by atoms with E-state index in [4.69, 9.17) is 9.47 Å². The van der Waals surface area contributed by atoms with Crippen LogP contribution in [0.1, 0.15) is 76.2 Å². The highest BCUT2D eigenvalue weighted by Crippen LogP contribution is 2.41. The maximum Gasteiger partial charge on any atom is 0.411 e. The van der Waals surface area contributed by atoms with Crippen LogP contribution in [0, 0.1) is 24.7 Å². The number of fused-ring (bicyclic) bond motifs is 1. The minimum absolute atomic E-state index is 0.0339. The molecule has 4 aromatic heterocycles. The molecule has 0 bridgehead atoms. The number of aliphatic hydroxyl groups excluding tert-OH is 1. The summed E-state index contributed by atoms with van der Waals surface area (Å²) in [6.45, 7) is 12.3. The zero-order chi connectivity index (χ0) is 54.0. The van der Waals surface area contributed by atoms with Gasteiger partial charge < -0.3 is 40.3 Å². The third-order valence-corrected chi connectivity index (χ3v) is 16.5. The number of amides is 5. The van der Waals surface area contributed by atoms with Crippen molar-refractivity contribution < 1.29 is 38.6 Å². The standard InChI is InChI=1S/C55H64N12O8S2/c1-32-42(62-53(73)75-39-9-7-6-8-10-39)17-37(21-56-32)36-15-16-41-44(18-36)77-52(61-41)64-45(69)25-65-27-55(28-65)29-66(30-55)51-58-22-40(23-59-51)74-26-46(70)63-48(54(3,4)5)50(72)67-24-38(68)19-43(67)49(71)57-20-34-11-13-35(14-12-34)47-33(2)60-31-76-47/h11-18,21-23,31,38-39,43,48,68H,6-10,19-20,24-30H2,1-5H3,(H,57,71)(H,62,73)(H,63,70)(H,61,64,69)/t38-,43+,48-/m1/s1. The molecule has 3 saturated heterocycles. The quantitative estimate of drug-likeness (QED) is 0.0676. The number of carbonyl (C=O) groups excluding carboxylic acids is 5. The molecule has 404 valence electrons. The lowest BCUT2D eigenvalue weighted by Crippen LogP contribution is -2.73. The Kier molecular flexibility index (Phi) is 15.5. The number of hydrogen-bond donors (Lipinski definition) is 5. The number of carbonyl (C=O) groups is 5. The van der Waals surface area contributed by atoms with Crippen LogP contribution in [0.5, 0.6) is 5.75 Å². The average molecular weight is 1090 g/mol. The van der Waals surface area contributed by atoms with Crippen molar-refractivity contribution in [3.8, 4) is 27.3 Å². The molecule has 1 saturated carbocycles. The molecule has 77 heavy (non-hydrogen) atoms. The van der Waals surface area contributed by atoms with Crippen molar-refractivity contribution in [2.24, 2.45) is 10.8 Å². The molecular formula is C55H64N12O8S2. The van der Waals surface area contributed by atoms with Crippen molar-refractivity contribution >= 4 is 79.4 Å². The molecule has 22 heteroatoms. The third kappa shape index (κ3) is 12.5. The Morgan fingerprint density at radius 2 is 1.58 bits per heavy atom. The van der Waals surface area contributed by atoms with E-state index in [-0.39, 0.29) is 55.1 Å². The van der Waals surface area contributed by atoms with Crippen LogP contribution in [0.2, 0.25) is 0 Å². The minimum atomic E-state index is -1.02. The number of β-amino-alcohol motifs (C(OH)–C–C–N with tert-alkyl or cyclic N) is 1. The number of aliphatic hydroxyl groups is 1. The van der Waals surface area contributed by atoms with Crippen molar-refractivity contribution in [2.45, 2.75) is 104 Å². The van der Waals surface area contributed by atoms with E-state index in [9.17, 15) is 29.1 Å². The first-order chi connectivity index (χ1) is 36.9. The van der Waals surface area contributed by atoms with Crippen molar-refractivity contribution in [1.29, 1.82) is 0 Å². The number of anilines is 3. The third-order valence-electron chi connectivity index (χ3n) is 14.6. The predicted octanol–water partition coefficient (Wildman–Crippen LogP) is 6.72. The molecule has 20 nitrogen and oxygen atoms in total. The maximum absolute atomic E-state index is 14.1. The molecule has 5 amide bonds. The Balaban J connectivity index is 0.649. The van der Waals surface area contributed by atoms with Crippen LogP contribution >= 0.6 is 22.7 Å². The largest absolute Gasteiger partial charge is 0.481 e. The van der Waals surface area contributed by atoms with Crippen LogP contribution in [0.3, 0.4) is 0 Å². The van der Waals surface area contributed by atoms with Gasteiger partial charge in [-0.1, -0.05) is 68.9 Å². The summed E-state index contributed by atoms with van der Waals surface area (Å²) in [5.74, 6) is -0.737. The summed E-state index contributed by atoms with van der Waals surface area (Å²) in [7, 11) is 0. The number of nitrogens with zero attached hydrogens (tertiary/aromatic N) is 8. The van der Waals surface area contributed by atoms with E-state index in [1.165, 1.54) is 35.1 Å². The highest BCUT2D eigenvalue weighted by Gasteiger charge is 2.52. The Morgan fingerprint density at radius 3 is 2.30 bits per heavy atom. The first-order valence-corrected chi connectivity index (χ1v) is 27.8. The summed E-state index contributed by atoms with van der Waals surface area (Å²) in [6.07, 6.45) is 8.56. The van der Waals surface area contributed by atoms with E-state index >= 15 is 0 Å². The van der Waals surface area contributed by atoms with Gasteiger partial charge in [-0.15, -0.1) is 11.3 Å². The highest BCUT2D eigenvalue weighted by molar-refractivity contribution is 7.22. The van der Waals surface area contributed by atoms with E-state index in [0.29, 0.717) is 22.5 Å². The summed E-state index contributed by atoms with van der Waals surface area (Å²) < 4.78 is 12.3. The monoisotopic (exact) mass is 1080 g/mol. The number of thiazole rings is 2. The zero-order valence-corrected chi connectivity index (χ0v) is 45.5. The Bertz CT molecular complexity index is 3140. The summed E-state index contributed by atoms with van der Waals surface area (Å²) in [4.78, 5) is 95.9. The van der Waals surface area contributed by atoms with Gasteiger partial charge in [0, 0.05) is 62.9 Å². The van der Waals surface area contributed by atoms with Crippen molar-refractivity contribution in [1.82, 2.24) is 45.4 Å². The molecule has 5 N–H and O–H groups in total. The minimum Gasteiger partial charge on any atom is -0.481 e. The molecule has 0 unspecified atom stereocenters. The lowest BCUT2D eigenvalue weighted by atomic mass is 9.73. The number of hydrogen-bond acceptors (Lipinski definition) is 17. The van der Waals surface area contributed by atoms with Crippen LogP contribution in [-0.4, -0.2) is 140 Å². The molecule has 1 spiro atoms. The molecule has 4 fully saturated rings. The van der Waals surface area contributed by atoms with Gasteiger partial charge in [0.2, 0.25) is 23.7 Å². The van der Waals surface area contributed by atoms with Gasteiger partial charge in [0.05, 0.1) is 62.7 Å². The Morgan fingerprint density at radius 1 is 0.844 bits per heavy atom. The van der Waals surface area contributed by atoms with Crippen molar-refractivity contribution in [3.05, 3.63) is 89.6 Å². The van der Waals surface area contributed by atoms with Gasteiger partial charge in [-0.05, 0) is 79.8 Å². The molecule has 6 aromatic rings. The smallest absolute Gasteiger partial charge is 0.411 e. The molecule has 0 radical (unpaired) electrons. The summed E-state index contributed by atoms with van der Waals surface area (Å²) in [6, 6.07) is 13.7. The lowest BCUT2D eigenvalue weighted by molar-refractivity contribution is -0.144. The normalized spacial score (nSPS) is 18.8. The van der Waals surface area contributed by atoms with Crippen LogP contribution in [0.4, 0.5) is 21.6 Å². The fraction of sp³-hybridized carbons (Fsp3) is 0.455. The van der Waals surface area contributed by atoms with Crippen LogP contribution in [0.25, 0.3) is 31.8 Å². The fourth-order valence-corrected chi connectivity index (χ4v) is 12.3. The molecule has 7 heterocycles. The number of likely N-dealkylation sites (tertiary alicyclic amines) is 2. The number of nitrogens with one attached hydrogen (secondary N) is 4. The summed E-state index contributed by atoms with van der Waals surface area (Å²) >= 11 is 2.97. The van der Waals surface area contributed by atoms with E-state index < -0.39 is 48.1 Å². The fourth-order valence-electron chi connectivity index (χ4n) is 10.6. The van der Waals surface area contributed by atoms with Crippen molar-refractivity contribution in [3.63, 3.8) is 0 Å². The van der Waals surface area contributed by atoms with Gasteiger partial charge in [-0.2, -0.15) is 0 Å². The first-order valence-electron chi connectivity index (χ1n) is 26.1. The maximum atomic E-state index is 14.1. The van der Waals surface area contributed by atoms with Gasteiger partial charge in [0.25, 0.3) is 5.91 Å². The number of pyridine rings is 1. The van der Waals surface area contributed by atoms with Crippen LogP contribution in [0.15, 0.2) is 72.6 Å². The molecule has 3 aliphatic heterocycles. The second-order valence-corrected chi connectivity index (χ2v) is 23.7. The Hall–Kier alpha value is -7.14. The zero-order valence-electron chi connectivity index (χ0n) is 43.8. The van der Waals surface area contributed by atoms with Gasteiger partial charge in [0.1, 0.15) is 18.2 Å². The lowest BCUT2D eigenvalue weighted by Gasteiger charge is -2.60. The van der Waals surface area contributed by atoms with Crippen LogP contribution in [-0.2, 0) is 30.5 Å². The van der Waals surface area contributed by atoms with Crippen LogP contribution < -0.4 is 30.9 Å². The van der Waals surface area contributed by atoms with E-state index in [0.717, 1.165) is 94.9 Å². The van der Waals surface area contributed by atoms with E-state index in [1.54, 1.807) is 17.5 Å². The summed E-state index contributed by atoms with van der Waals surface area (Å²) in [5.41, 5.74) is 7.78. The van der Waals surface area contributed by atoms with Gasteiger partial charge in [0.15, 0.2) is 17.5 Å². The van der Waals surface area contributed by atoms with Gasteiger partial charge >= 0.3 is 6.09 Å². The molecule has 4 aliphatic rings. The first kappa shape index (κ1) is 53.3. The number of benzene rings is 2. The summed E-state index contributed by atoms with van der Waals surface area (Å²) in [5, 5.41) is 22.8.